The van der Waals surface area contributed by atoms with Gasteiger partial charge in [0.05, 0.1) is 6.54 Å². The van der Waals surface area contributed by atoms with Gasteiger partial charge in [0.2, 0.25) is 0 Å². The zero-order chi connectivity index (χ0) is 12.8. The van der Waals surface area contributed by atoms with E-state index in [-0.39, 0.29) is 12.6 Å². The van der Waals surface area contributed by atoms with Crippen molar-refractivity contribution in [2.75, 3.05) is 6.54 Å². The second-order valence-corrected chi connectivity index (χ2v) is 3.88. The highest BCUT2D eigenvalue weighted by atomic mass is 35.5. The average molecular weight is 260 g/mol. The summed E-state index contributed by atoms with van der Waals surface area (Å²) in [5, 5.41) is 3.29. The predicted molar refractivity (Wildman–Crippen MR) is 69.4 cm³/mol. The highest BCUT2D eigenvalue weighted by Gasteiger charge is 1.99. The first-order chi connectivity index (χ1) is 8.75. The quantitative estimate of drug-likeness (QED) is 0.798. The molecule has 0 aliphatic rings. The third kappa shape index (κ3) is 3.37. The molecule has 0 fully saturated rings. The highest BCUT2D eigenvalue weighted by molar-refractivity contribution is 6.30. The molecule has 0 spiro atoms. The molecule has 0 saturated carbocycles. The molecule has 1 aromatic heterocycles. The minimum Gasteiger partial charge on any atom is -0.326 e. The molecule has 1 amide bonds. The summed E-state index contributed by atoms with van der Waals surface area (Å²) < 4.78 is 1.35. The molecule has 0 bridgehead atoms. The van der Waals surface area contributed by atoms with Crippen molar-refractivity contribution in [1.29, 1.82) is 0 Å². The lowest BCUT2D eigenvalue weighted by molar-refractivity contribution is 0.243. The Hall–Kier alpha value is -2.25. The molecule has 0 radical (unpaired) electrons. The number of halogens is 1. The zero-order valence-corrected chi connectivity index (χ0v) is 10.2. The Bertz CT molecular complexity index is 596. The molecular formula is C13H10ClN3O. The highest BCUT2D eigenvalue weighted by Crippen LogP contribution is 2.09. The van der Waals surface area contributed by atoms with Gasteiger partial charge in [0.15, 0.2) is 0 Å². The Kier molecular flexibility index (Phi) is 4.00. The van der Waals surface area contributed by atoms with Crippen molar-refractivity contribution in [3.05, 3.63) is 53.6 Å². The van der Waals surface area contributed by atoms with Gasteiger partial charge < -0.3 is 5.32 Å². The van der Waals surface area contributed by atoms with Gasteiger partial charge in [-0.25, -0.2) is 9.78 Å². The Morgan fingerprint density at radius 2 is 2.39 bits per heavy atom. The summed E-state index contributed by atoms with van der Waals surface area (Å²) >= 11 is 5.83. The molecule has 4 nitrogen and oxygen atoms in total. The van der Waals surface area contributed by atoms with Crippen molar-refractivity contribution in [3.8, 4) is 11.8 Å². The Morgan fingerprint density at radius 3 is 3.11 bits per heavy atom. The topological polar surface area (TPSA) is 46.9 Å². The van der Waals surface area contributed by atoms with Crippen LogP contribution in [0, 0.1) is 11.8 Å². The van der Waals surface area contributed by atoms with Gasteiger partial charge in [-0.05, 0) is 18.2 Å². The molecular weight excluding hydrogens is 250 g/mol. The summed E-state index contributed by atoms with van der Waals surface area (Å²) in [5.74, 6) is 5.76. The SMILES string of the molecule is O=C(NCC#Cc1cccc(Cl)c1)n1ccnc1. The van der Waals surface area contributed by atoms with Crippen molar-refractivity contribution in [2.45, 2.75) is 0 Å². The van der Waals surface area contributed by atoms with E-state index < -0.39 is 0 Å². The van der Waals surface area contributed by atoms with Crippen LogP contribution in [-0.2, 0) is 0 Å². The summed E-state index contributed by atoms with van der Waals surface area (Å²) in [6, 6.07) is 6.99. The number of rotatable bonds is 1. The van der Waals surface area contributed by atoms with Crippen LogP contribution in [0.25, 0.3) is 0 Å². The molecule has 1 N–H and O–H groups in total. The van der Waals surface area contributed by atoms with Gasteiger partial charge in [0.1, 0.15) is 6.33 Å². The third-order valence-corrected chi connectivity index (χ3v) is 2.36. The summed E-state index contributed by atoms with van der Waals surface area (Å²) in [6.07, 6.45) is 4.54. The molecule has 0 aliphatic heterocycles. The number of benzene rings is 1. The lowest BCUT2D eigenvalue weighted by Crippen LogP contribution is -2.27. The molecule has 0 atom stereocenters. The van der Waals surface area contributed by atoms with Crippen molar-refractivity contribution >= 4 is 17.6 Å². The van der Waals surface area contributed by atoms with Crippen LogP contribution in [0.3, 0.4) is 0 Å². The first kappa shape index (κ1) is 12.2. The number of hydrogen-bond donors (Lipinski definition) is 1. The van der Waals surface area contributed by atoms with E-state index >= 15 is 0 Å². The number of hydrogen-bond acceptors (Lipinski definition) is 2. The van der Waals surface area contributed by atoms with Crippen molar-refractivity contribution in [3.63, 3.8) is 0 Å². The Labute approximate surface area is 110 Å². The van der Waals surface area contributed by atoms with E-state index in [1.165, 1.54) is 17.1 Å². The molecule has 18 heavy (non-hydrogen) atoms. The maximum absolute atomic E-state index is 11.5. The van der Waals surface area contributed by atoms with Crippen LogP contribution in [-0.4, -0.2) is 22.1 Å². The Morgan fingerprint density at radius 1 is 1.50 bits per heavy atom. The summed E-state index contributed by atoms with van der Waals surface area (Å²) in [7, 11) is 0. The van der Waals surface area contributed by atoms with Crippen LogP contribution < -0.4 is 5.32 Å². The zero-order valence-electron chi connectivity index (χ0n) is 9.43. The van der Waals surface area contributed by atoms with Gasteiger partial charge in [-0.2, -0.15) is 0 Å². The summed E-state index contributed by atoms with van der Waals surface area (Å²) in [5.41, 5.74) is 0.819. The fourth-order valence-electron chi connectivity index (χ4n) is 1.30. The number of aromatic nitrogens is 2. The predicted octanol–water partition coefficient (Wildman–Crippen LogP) is 2.15. The Balaban J connectivity index is 1.88. The molecule has 90 valence electrons. The smallest absolute Gasteiger partial charge is 0.326 e. The molecule has 1 aromatic carbocycles. The lowest BCUT2D eigenvalue weighted by atomic mass is 10.2. The van der Waals surface area contributed by atoms with E-state index in [1.54, 1.807) is 18.3 Å². The molecule has 1 heterocycles. The van der Waals surface area contributed by atoms with E-state index in [2.05, 4.69) is 22.1 Å². The van der Waals surface area contributed by atoms with E-state index in [9.17, 15) is 4.79 Å². The summed E-state index contributed by atoms with van der Waals surface area (Å²) in [4.78, 5) is 15.3. The minimum atomic E-state index is -0.257. The number of nitrogens with zero attached hydrogens (tertiary/aromatic N) is 2. The number of amides is 1. The average Bonchev–Trinajstić information content (AvgIpc) is 2.88. The number of nitrogens with one attached hydrogen (secondary N) is 1. The van der Waals surface area contributed by atoms with Gasteiger partial charge in [-0.1, -0.05) is 29.5 Å². The van der Waals surface area contributed by atoms with Crippen LogP contribution in [0.5, 0.6) is 0 Å². The molecule has 2 rings (SSSR count). The van der Waals surface area contributed by atoms with Gasteiger partial charge >= 0.3 is 6.03 Å². The van der Waals surface area contributed by atoms with Crippen molar-refractivity contribution < 1.29 is 4.79 Å². The maximum Gasteiger partial charge on any atom is 0.327 e. The van der Waals surface area contributed by atoms with E-state index in [1.807, 2.05) is 12.1 Å². The van der Waals surface area contributed by atoms with Gasteiger partial charge in [0, 0.05) is 23.0 Å². The monoisotopic (exact) mass is 259 g/mol. The normalized spacial score (nSPS) is 9.39. The van der Waals surface area contributed by atoms with Crippen molar-refractivity contribution in [1.82, 2.24) is 14.9 Å². The van der Waals surface area contributed by atoms with Crippen LogP contribution in [0.15, 0.2) is 43.0 Å². The van der Waals surface area contributed by atoms with E-state index in [4.69, 9.17) is 11.6 Å². The standard InChI is InChI=1S/C13H10ClN3O/c14-12-5-1-3-11(9-12)4-2-6-16-13(18)17-8-7-15-10-17/h1,3,5,7-10H,6H2,(H,16,18). The van der Waals surface area contributed by atoms with Gasteiger partial charge in [-0.3, -0.25) is 4.57 Å². The molecule has 0 aliphatic carbocycles. The fraction of sp³-hybridized carbons (Fsp3) is 0.0769. The largest absolute Gasteiger partial charge is 0.327 e. The van der Waals surface area contributed by atoms with Crippen LogP contribution in [0.1, 0.15) is 5.56 Å². The third-order valence-electron chi connectivity index (χ3n) is 2.12. The number of carbonyl (C=O) groups is 1. The fourth-order valence-corrected chi connectivity index (χ4v) is 1.49. The molecule has 2 aromatic rings. The van der Waals surface area contributed by atoms with E-state index in [0.29, 0.717) is 5.02 Å². The van der Waals surface area contributed by atoms with Gasteiger partial charge in [-0.15, -0.1) is 0 Å². The minimum absolute atomic E-state index is 0.257. The summed E-state index contributed by atoms with van der Waals surface area (Å²) in [6.45, 7) is 0.267. The molecule has 0 unspecified atom stereocenters. The second-order valence-electron chi connectivity index (χ2n) is 3.44. The first-order valence-corrected chi connectivity index (χ1v) is 5.64. The molecule has 5 heteroatoms. The van der Waals surface area contributed by atoms with Crippen LogP contribution >= 0.6 is 11.6 Å². The van der Waals surface area contributed by atoms with E-state index in [0.717, 1.165) is 5.56 Å². The maximum atomic E-state index is 11.5. The van der Waals surface area contributed by atoms with Crippen LogP contribution in [0.4, 0.5) is 4.79 Å². The lowest BCUT2D eigenvalue weighted by Gasteiger charge is -1.99. The number of imidazole rings is 1. The van der Waals surface area contributed by atoms with Crippen molar-refractivity contribution in [2.24, 2.45) is 0 Å². The first-order valence-electron chi connectivity index (χ1n) is 5.26. The molecule has 0 saturated heterocycles. The second kappa shape index (κ2) is 5.89. The van der Waals surface area contributed by atoms with Gasteiger partial charge in [0.25, 0.3) is 0 Å². The van der Waals surface area contributed by atoms with Crippen LogP contribution in [0.2, 0.25) is 5.02 Å². The number of carbonyl (C=O) groups excluding carboxylic acids is 1.